The molecule has 19 heavy (non-hydrogen) atoms. The zero-order chi connectivity index (χ0) is 13.2. The van der Waals surface area contributed by atoms with E-state index in [-0.39, 0.29) is 5.82 Å². The molecule has 3 aromatic rings. The first kappa shape index (κ1) is 12.1. The highest BCUT2D eigenvalue weighted by Crippen LogP contribution is 2.29. The van der Waals surface area contributed by atoms with Crippen LogP contribution in [0.3, 0.4) is 0 Å². The number of anilines is 2. The summed E-state index contributed by atoms with van der Waals surface area (Å²) in [5.41, 5.74) is 3.11. The summed E-state index contributed by atoms with van der Waals surface area (Å²) in [5.74, 6) is -0.226. The van der Waals surface area contributed by atoms with Gasteiger partial charge in [-0.3, -0.25) is 0 Å². The van der Waals surface area contributed by atoms with E-state index < -0.39 is 0 Å². The van der Waals surface area contributed by atoms with Gasteiger partial charge >= 0.3 is 0 Å². The summed E-state index contributed by atoms with van der Waals surface area (Å²) >= 11 is 1.46. The second-order valence-corrected chi connectivity index (χ2v) is 5.34. The lowest BCUT2D eigenvalue weighted by Crippen LogP contribution is -1.90. The number of nitrogens with zero attached hydrogens (tertiary/aromatic N) is 1. The molecule has 0 saturated carbocycles. The quantitative estimate of drug-likeness (QED) is 0.744. The lowest BCUT2D eigenvalue weighted by Gasteiger charge is -2.03. The van der Waals surface area contributed by atoms with Gasteiger partial charge in [-0.2, -0.15) is 0 Å². The minimum Gasteiger partial charge on any atom is -0.332 e. The summed E-state index contributed by atoms with van der Waals surface area (Å²) in [4.78, 5) is 4.45. The van der Waals surface area contributed by atoms with Crippen LogP contribution in [0.15, 0.2) is 42.5 Å². The highest BCUT2D eigenvalue weighted by Gasteiger charge is 2.05. The number of aryl methyl sites for hydroxylation is 1. The summed E-state index contributed by atoms with van der Waals surface area (Å²) in [5, 5.41) is 4.06. The number of halogens is 1. The van der Waals surface area contributed by atoms with Gasteiger partial charge in [-0.25, -0.2) is 9.37 Å². The molecular formula is C15H13FN2S. The summed E-state index contributed by atoms with van der Waals surface area (Å²) < 4.78 is 14.0. The number of hydrogen-bond donors (Lipinski definition) is 1. The standard InChI is InChI=1S/C15H13FN2S/c1-2-10-4-3-5-12(8-10)17-15-18-13-7-6-11(16)9-14(13)19-15/h3-9H,2H2,1H3,(H,17,18). The van der Waals surface area contributed by atoms with Crippen molar-refractivity contribution >= 4 is 32.4 Å². The molecule has 0 saturated heterocycles. The van der Waals surface area contributed by atoms with Gasteiger partial charge in [0.1, 0.15) is 5.82 Å². The predicted octanol–water partition coefficient (Wildman–Crippen LogP) is 4.74. The Kier molecular flexibility index (Phi) is 3.17. The minimum atomic E-state index is -0.226. The van der Waals surface area contributed by atoms with Crippen LogP contribution >= 0.6 is 11.3 Å². The van der Waals surface area contributed by atoms with E-state index in [0.29, 0.717) is 0 Å². The molecule has 0 aliphatic rings. The summed E-state index contributed by atoms with van der Waals surface area (Å²) in [7, 11) is 0. The van der Waals surface area contributed by atoms with Crippen molar-refractivity contribution in [3.05, 3.63) is 53.8 Å². The third-order valence-corrected chi connectivity index (χ3v) is 3.87. The van der Waals surface area contributed by atoms with Crippen molar-refractivity contribution in [2.45, 2.75) is 13.3 Å². The maximum absolute atomic E-state index is 13.1. The van der Waals surface area contributed by atoms with Crippen LogP contribution in [0.5, 0.6) is 0 Å². The van der Waals surface area contributed by atoms with Gasteiger partial charge in [0.05, 0.1) is 10.2 Å². The summed E-state index contributed by atoms with van der Waals surface area (Å²) in [6, 6.07) is 12.9. The first-order valence-electron chi connectivity index (χ1n) is 6.16. The molecule has 1 aromatic heterocycles. The molecule has 2 nitrogen and oxygen atoms in total. The molecule has 0 spiro atoms. The van der Waals surface area contributed by atoms with Gasteiger partial charge in [0, 0.05) is 5.69 Å². The Bertz CT molecular complexity index is 721. The molecule has 3 rings (SSSR count). The summed E-state index contributed by atoms with van der Waals surface area (Å²) in [6.07, 6.45) is 1.00. The topological polar surface area (TPSA) is 24.9 Å². The molecule has 0 unspecified atom stereocenters. The molecule has 0 amide bonds. The van der Waals surface area contributed by atoms with Gasteiger partial charge in [0.15, 0.2) is 5.13 Å². The van der Waals surface area contributed by atoms with E-state index in [9.17, 15) is 4.39 Å². The minimum absolute atomic E-state index is 0.226. The molecule has 4 heteroatoms. The van der Waals surface area contributed by atoms with E-state index in [1.54, 1.807) is 6.07 Å². The SMILES string of the molecule is CCc1cccc(Nc2nc3ccc(F)cc3s2)c1. The molecule has 1 N–H and O–H groups in total. The smallest absolute Gasteiger partial charge is 0.188 e. The van der Waals surface area contributed by atoms with Crippen LogP contribution in [0.4, 0.5) is 15.2 Å². The fraction of sp³-hybridized carbons (Fsp3) is 0.133. The lowest BCUT2D eigenvalue weighted by atomic mass is 10.1. The van der Waals surface area contributed by atoms with E-state index >= 15 is 0 Å². The van der Waals surface area contributed by atoms with Gasteiger partial charge in [-0.1, -0.05) is 30.4 Å². The second-order valence-electron chi connectivity index (χ2n) is 4.31. The van der Waals surface area contributed by atoms with Crippen LogP contribution in [-0.4, -0.2) is 4.98 Å². The van der Waals surface area contributed by atoms with Crippen LogP contribution in [0.25, 0.3) is 10.2 Å². The molecule has 96 valence electrons. The van der Waals surface area contributed by atoms with Crippen LogP contribution < -0.4 is 5.32 Å². The van der Waals surface area contributed by atoms with Crippen molar-refractivity contribution in [1.29, 1.82) is 0 Å². The number of fused-ring (bicyclic) bond motifs is 1. The fourth-order valence-corrected chi connectivity index (χ4v) is 2.86. The van der Waals surface area contributed by atoms with Crippen LogP contribution in [0.1, 0.15) is 12.5 Å². The largest absolute Gasteiger partial charge is 0.332 e. The molecule has 0 aliphatic heterocycles. The van der Waals surface area contributed by atoms with Gasteiger partial charge in [0.25, 0.3) is 0 Å². The molecule has 2 aromatic carbocycles. The first-order chi connectivity index (χ1) is 9.24. The van der Waals surface area contributed by atoms with Crippen molar-refractivity contribution in [1.82, 2.24) is 4.98 Å². The van der Waals surface area contributed by atoms with E-state index in [4.69, 9.17) is 0 Å². The first-order valence-corrected chi connectivity index (χ1v) is 6.98. The highest BCUT2D eigenvalue weighted by molar-refractivity contribution is 7.22. The van der Waals surface area contributed by atoms with Gasteiger partial charge in [0.2, 0.25) is 0 Å². The van der Waals surface area contributed by atoms with Crippen molar-refractivity contribution in [3.63, 3.8) is 0 Å². The van der Waals surface area contributed by atoms with Crippen molar-refractivity contribution in [2.24, 2.45) is 0 Å². The Morgan fingerprint density at radius 2 is 2.11 bits per heavy atom. The third-order valence-electron chi connectivity index (χ3n) is 2.94. The number of thiazole rings is 1. The lowest BCUT2D eigenvalue weighted by molar-refractivity contribution is 0.630. The Morgan fingerprint density at radius 1 is 1.21 bits per heavy atom. The Balaban J connectivity index is 1.92. The molecule has 0 fully saturated rings. The van der Waals surface area contributed by atoms with Crippen LogP contribution in [-0.2, 0) is 6.42 Å². The Labute approximate surface area is 114 Å². The maximum atomic E-state index is 13.1. The van der Waals surface area contributed by atoms with E-state index in [1.807, 2.05) is 12.1 Å². The Morgan fingerprint density at radius 3 is 2.95 bits per heavy atom. The molecule has 0 bridgehead atoms. The normalized spacial score (nSPS) is 10.8. The molecule has 0 atom stereocenters. The van der Waals surface area contributed by atoms with E-state index in [0.717, 1.165) is 27.5 Å². The predicted molar refractivity (Wildman–Crippen MR) is 78.7 cm³/mol. The van der Waals surface area contributed by atoms with Gasteiger partial charge in [-0.15, -0.1) is 0 Å². The number of rotatable bonds is 3. The zero-order valence-corrected chi connectivity index (χ0v) is 11.3. The highest BCUT2D eigenvalue weighted by atomic mass is 32.1. The van der Waals surface area contributed by atoms with Crippen molar-refractivity contribution in [2.75, 3.05) is 5.32 Å². The second kappa shape index (κ2) is 4.97. The molecule has 0 radical (unpaired) electrons. The van der Waals surface area contributed by atoms with E-state index in [1.165, 1.54) is 29.0 Å². The third kappa shape index (κ3) is 2.58. The van der Waals surface area contributed by atoms with E-state index in [2.05, 4.69) is 29.4 Å². The molecule has 1 heterocycles. The monoisotopic (exact) mass is 272 g/mol. The van der Waals surface area contributed by atoms with Crippen molar-refractivity contribution in [3.8, 4) is 0 Å². The van der Waals surface area contributed by atoms with Gasteiger partial charge < -0.3 is 5.32 Å². The van der Waals surface area contributed by atoms with Crippen LogP contribution in [0.2, 0.25) is 0 Å². The molecule has 0 aliphatic carbocycles. The Hall–Kier alpha value is -1.94. The molecular weight excluding hydrogens is 259 g/mol. The number of hydrogen-bond acceptors (Lipinski definition) is 3. The number of nitrogens with one attached hydrogen (secondary N) is 1. The van der Waals surface area contributed by atoms with Crippen molar-refractivity contribution < 1.29 is 4.39 Å². The average Bonchev–Trinajstić information content (AvgIpc) is 2.80. The van der Waals surface area contributed by atoms with Gasteiger partial charge in [-0.05, 0) is 42.3 Å². The number of aromatic nitrogens is 1. The number of benzene rings is 2. The summed E-state index contributed by atoms with van der Waals surface area (Å²) in [6.45, 7) is 2.12. The zero-order valence-electron chi connectivity index (χ0n) is 10.5. The average molecular weight is 272 g/mol. The fourth-order valence-electron chi connectivity index (χ4n) is 1.94. The maximum Gasteiger partial charge on any atom is 0.188 e. The van der Waals surface area contributed by atoms with Crippen LogP contribution in [0, 0.1) is 5.82 Å².